The van der Waals surface area contributed by atoms with Crippen molar-refractivity contribution < 1.29 is 14.2 Å². The second-order valence-electron chi connectivity index (χ2n) is 6.25. The molecule has 0 aliphatic carbocycles. The van der Waals surface area contributed by atoms with Crippen LogP contribution in [0.1, 0.15) is 47.0 Å². The maximum Gasteiger partial charge on any atom is 0.0701 e. The Morgan fingerprint density at radius 1 is 0.750 bits per heavy atom. The van der Waals surface area contributed by atoms with Gasteiger partial charge in [-0.2, -0.15) is 0 Å². The lowest BCUT2D eigenvalue weighted by Gasteiger charge is -2.18. The third kappa shape index (κ3) is 17.8. The fourth-order valence-corrected chi connectivity index (χ4v) is 1.52. The van der Waals surface area contributed by atoms with Crippen LogP contribution in [0.5, 0.6) is 0 Å². The van der Waals surface area contributed by atoms with Crippen LogP contribution in [0.4, 0.5) is 0 Å². The highest BCUT2D eigenvalue weighted by atomic mass is 16.5. The number of rotatable bonds is 14. The Morgan fingerprint density at radius 3 is 1.85 bits per heavy atom. The van der Waals surface area contributed by atoms with E-state index in [1.165, 1.54) is 12.8 Å². The summed E-state index contributed by atoms with van der Waals surface area (Å²) in [6.07, 6.45) is 3.50. The van der Waals surface area contributed by atoms with E-state index in [1.54, 1.807) is 0 Å². The first kappa shape index (κ1) is 19.8. The Hall–Kier alpha value is -0.160. The van der Waals surface area contributed by atoms with Crippen molar-refractivity contribution >= 4 is 0 Å². The summed E-state index contributed by atoms with van der Waals surface area (Å²) in [5, 5.41) is 3.39. The number of ether oxygens (including phenoxy) is 3. The molecule has 0 heterocycles. The van der Waals surface area contributed by atoms with Gasteiger partial charge in [0.1, 0.15) is 0 Å². The summed E-state index contributed by atoms with van der Waals surface area (Å²) in [5.41, 5.74) is 0.404. The zero-order valence-electron chi connectivity index (χ0n) is 14.0. The molecule has 0 amide bonds. The molecular weight excluding hydrogens is 254 g/mol. The van der Waals surface area contributed by atoms with E-state index in [-0.39, 0.29) is 0 Å². The molecule has 0 spiro atoms. The van der Waals surface area contributed by atoms with Gasteiger partial charge in [0.15, 0.2) is 0 Å². The molecule has 0 aromatic carbocycles. The predicted octanol–water partition coefficient (Wildman–Crippen LogP) is 2.86. The molecule has 0 saturated heterocycles. The molecule has 0 unspecified atom stereocenters. The van der Waals surface area contributed by atoms with Crippen molar-refractivity contribution in [1.82, 2.24) is 5.32 Å². The van der Waals surface area contributed by atoms with Gasteiger partial charge in [0.05, 0.1) is 33.0 Å². The average Bonchev–Trinajstić information content (AvgIpc) is 2.38. The van der Waals surface area contributed by atoms with Crippen molar-refractivity contribution in [2.75, 3.05) is 52.7 Å². The van der Waals surface area contributed by atoms with E-state index in [4.69, 9.17) is 14.2 Å². The van der Waals surface area contributed by atoms with E-state index in [0.717, 1.165) is 32.7 Å². The quantitative estimate of drug-likeness (QED) is 0.499. The van der Waals surface area contributed by atoms with Gasteiger partial charge in [-0.05, 0) is 24.8 Å². The zero-order chi connectivity index (χ0) is 15.1. The number of hydrogen-bond donors (Lipinski definition) is 1. The smallest absolute Gasteiger partial charge is 0.0701 e. The maximum absolute atomic E-state index is 5.48. The van der Waals surface area contributed by atoms with E-state index >= 15 is 0 Å². The molecule has 0 atom stereocenters. The number of hydrogen-bond acceptors (Lipinski definition) is 4. The topological polar surface area (TPSA) is 39.7 Å². The standard InChI is InChI=1S/C16H35NO3/c1-5-6-10-18-12-14-20-15-13-19-11-9-17-8-7-16(2,3)4/h17H,5-15H2,1-4H3. The van der Waals surface area contributed by atoms with Crippen molar-refractivity contribution in [3.63, 3.8) is 0 Å². The Kier molecular flexibility index (Phi) is 13.7. The summed E-state index contributed by atoms with van der Waals surface area (Å²) < 4.78 is 16.3. The van der Waals surface area contributed by atoms with Gasteiger partial charge < -0.3 is 19.5 Å². The van der Waals surface area contributed by atoms with Crippen LogP contribution >= 0.6 is 0 Å². The molecule has 0 saturated carbocycles. The lowest BCUT2D eigenvalue weighted by atomic mass is 9.92. The third-order valence-corrected chi connectivity index (χ3v) is 2.86. The summed E-state index contributed by atoms with van der Waals surface area (Å²) in [7, 11) is 0. The molecule has 0 bridgehead atoms. The van der Waals surface area contributed by atoms with Crippen molar-refractivity contribution in [2.45, 2.75) is 47.0 Å². The Bertz CT molecular complexity index is 193. The number of nitrogens with one attached hydrogen (secondary N) is 1. The van der Waals surface area contributed by atoms with Gasteiger partial charge in [0.25, 0.3) is 0 Å². The van der Waals surface area contributed by atoms with Crippen molar-refractivity contribution in [3.8, 4) is 0 Å². The normalized spacial score (nSPS) is 12.0. The molecule has 0 rings (SSSR count). The van der Waals surface area contributed by atoms with Crippen LogP contribution in [0.25, 0.3) is 0 Å². The first-order valence-corrected chi connectivity index (χ1v) is 8.00. The number of unbranched alkanes of at least 4 members (excludes halogenated alkanes) is 1. The Balaban J connectivity index is 2.99. The third-order valence-electron chi connectivity index (χ3n) is 2.86. The monoisotopic (exact) mass is 289 g/mol. The van der Waals surface area contributed by atoms with Gasteiger partial charge in [-0.15, -0.1) is 0 Å². The van der Waals surface area contributed by atoms with Crippen LogP contribution in [0.2, 0.25) is 0 Å². The minimum atomic E-state index is 0.404. The maximum atomic E-state index is 5.48. The molecule has 0 aromatic rings. The summed E-state index contributed by atoms with van der Waals surface area (Å²) in [6.45, 7) is 15.2. The summed E-state index contributed by atoms with van der Waals surface area (Å²) >= 11 is 0. The minimum absolute atomic E-state index is 0.404. The lowest BCUT2D eigenvalue weighted by molar-refractivity contribution is 0.0146. The lowest BCUT2D eigenvalue weighted by Crippen LogP contribution is -2.24. The molecule has 4 nitrogen and oxygen atoms in total. The highest BCUT2D eigenvalue weighted by molar-refractivity contribution is 4.62. The molecule has 122 valence electrons. The fourth-order valence-electron chi connectivity index (χ4n) is 1.52. The SMILES string of the molecule is CCCCOCCOCCOCCNCCC(C)(C)C. The average molecular weight is 289 g/mol. The first-order chi connectivity index (χ1) is 9.56. The van der Waals surface area contributed by atoms with Gasteiger partial charge in [0.2, 0.25) is 0 Å². The second-order valence-corrected chi connectivity index (χ2v) is 6.25. The zero-order valence-corrected chi connectivity index (χ0v) is 14.0. The van der Waals surface area contributed by atoms with E-state index in [1.807, 2.05) is 0 Å². The summed E-state index contributed by atoms with van der Waals surface area (Å²) in [4.78, 5) is 0. The van der Waals surface area contributed by atoms with E-state index in [0.29, 0.717) is 31.8 Å². The molecule has 0 aromatic heterocycles. The van der Waals surface area contributed by atoms with Gasteiger partial charge in [-0.3, -0.25) is 0 Å². The van der Waals surface area contributed by atoms with Crippen LogP contribution in [0.15, 0.2) is 0 Å². The summed E-state index contributed by atoms with van der Waals surface area (Å²) in [6, 6.07) is 0. The highest BCUT2D eigenvalue weighted by Gasteiger charge is 2.08. The van der Waals surface area contributed by atoms with Crippen molar-refractivity contribution in [1.29, 1.82) is 0 Å². The second kappa shape index (κ2) is 13.8. The molecule has 4 heteroatoms. The largest absolute Gasteiger partial charge is 0.379 e. The van der Waals surface area contributed by atoms with Crippen LogP contribution < -0.4 is 5.32 Å². The van der Waals surface area contributed by atoms with E-state index in [9.17, 15) is 0 Å². The van der Waals surface area contributed by atoms with Crippen LogP contribution in [0.3, 0.4) is 0 Å². The fraction of sp³-hybridized carbons (Fsp3) is 1.00. The van der Waals surface area contributed by atoms with E-state index in [2.05, 4.69) is 33.0 Å². The molecule has 0 aliphatic rings. The van der Waals surface area contributed by atoms with E-state index < -0.39 is 0 Å². The summed E-state index contributed by atoms with van der Waals surface area (Å²) in [5.74, 6) is 0. The van der Waals surface area contributed by atoms with Gasteiger partial charge in [-0.1, -0.05) is 34.1 Å². The molecule has 20 heavy (non-hydrogen) atoms. The van der Waals surface area contributed by atoms with Crippen LogP contribution in [-0.2, 0) is 14.2 Å². The Morgan fingerprint density at radius 2 is 1.30 bits per heavy atom. The van der Waals surface area contributed by atoms with Crippen LogP contribution in [-0.4, -0.2) is 52.7 Å². The molecular formula is C16H35NO3. The minimum Gasteiger partial charge on any atom is -0.379 e. The first-order valence-electron chi connectivity index (χ1n) is 8.00. The predicted molar refractivity (Wildman–Crippen MR) is 84.3 cm³/mol. The van der Waals surface area contributed by atoms with Gasteiger partial charge in [0, 0.05) is 13.2 Å². The Labute approximate surface area is 125 Å². The van der Waals surface area contributed by atoms with Crippen LogP contribution in [0, 0.1) is 5.41 Å². The molecule has 1 N–H and O–H groups in total. The molecule has 0 fully saturated rings. The van der Waals surface area contributed by atoms with Gasteiger partial charge in [-0.25, -0.2) is 0 Å². The molecule has 0 radical (unpaired) electrons. The highest BCUT2D eigenvalue weighted by Crippen LogP contribution is 2.16. The molecule has 0 aliphatic heterocycles. The van der Waals surface area contributed by atoms with Crippen molar-refractivity contribution in [2.24, 2.45) is 5.41 Å². The van der Waals surface area contributed by atoms with Gasteiger partial charge >= 0.3 is 0 Å². The van der Waals surface area contributed by atoms with Crippen molar-refractivity contribution in [3.05, 3.63) is 0 Å².